The van der Waals surface area contributed by atoms with E-state index in [1.54, 1.807) is 6.33 Å². The molecule has 1 aromatic rings. The van der Waals surface area contributed by atoms with E-state index in [0.29, 0.717) is 6.04 Å². The molecule has 5 heteroatoms. The maximum atomic E-state index is 4.51. The number of nitrogens with zero attached hydrogens (tertiary/aromatic N) is 2. The Hall–Kier alpha value is -0.970. The molecule has 0 spiro atoms. The van der Waals surface area contributed by atoms with Crippen molar-refractivity contribution in [2.75, 3.05) is 23.4 Å². The van der Waals surface area contributed by atoms with Crippen molar-refractivity contribution in [1.29, 1.82) is 0 Å². The summed E-state index contributed by atoms with van der Waals surface area (Å²) in [5.74, 6) is 2.03. The zero-order valence-electron chi connectivity index (χ0n) is 13.5. The second kappa shape index (κ2) is 8.47. The van der Waals surface area contributed by atoms with Gasteiger partial charge in [-0.15, -0.1) is 0 Å². The fraction of sp³-hybridized carbons (Fsp3) is 0.750. The topological polar surface area (TPSA) is 49.8 Å². The summed E-state index contributed by atoms with van der Waals surface area (Å²) < 4.78 is 0. The van der Waals surface area contributed by atoms with Crippen LogP contribution in [0.2, 0.25) is 0 Å². The van der Waals surface area contributed by atoms with E-state index < -0.39 is 0 Å². The van der Waals surface area contributed by atoms with Crippen LogP contribution >= 0.6 is 11.8 Å². The third-order valence-corrected chi connectivity index (χ3v) is 5.28. The Morgan fingerprint density at radius 1 is 1.14 bits per heavy atom. The van der Waals surface area contributed by atoms with Crippen LogP contribution < -0.4 is 10.6 Å². The van der Waals surface area contributed by atoms with E-state index in [2.05, 4.69) is 40.7 Å². The SMILES string of the molecule is CCCc1c(NCC)ncnc1NC1CCC(SC)CC1. The minimum absolute atomic E-state index is 0.563. The van der Waals surface area contributed by atoms with Gasteiger partial charge in [-0.25, -0.2) is 9.97 Å². The minimum atomic E-state index is 0.563. The molecular weight excluding hydrogens is 280 g/mol. The molecule has 1 fully saturated rings. The zero-order chi connectivity index (χ0) is 15.1. The lowest BCUT2D eigenvalue weighted by Gasteiger charge is -2.29. The van der Waals surface area contributed by atoms with Crippen molar-refractivity contribution < 1.29 is 0 Å². The molecule has 1 aromatic heterocycles. The standard InChI is InChI=1S/C16H28N4S/c1-4-6-14-15(17-5-2)18-11-19-16(14)20-12-7-9-13(21-3)10-8-12/h11-13H,4-10H2,1-3H3,(H2,17,18,19,20). The van der Waals surface area contributed by atoms with E-state index in [-0.39, 0.29) is 0 Å². The van der Waals surface area contributed by atoms with Gasteiger partial charge in [0.1, 0.15) is 18.0 Å². The van der Waals surface area contributed by atoms with Crippen molar-refractivity contribution in [3.63, 3.8) is 0 Å². The van der Waals surface area contributed by atoms with Crippen LogP contribution in [0.15, 0.2) is 6.33 Å². The van der Waals surface area contributed by atoms with Gasteiger partial charge in [0, 0.05) is 23.4 Å². The first-order valence-corrected chi connectivity index (χ1v) is 9.44. The number of hydrogen-bond donors (Lipinski definition) is 2. The van der Waals surface area contributed by atoms with E-state index in [1.165, 1.54) is 31.2 Å². The number of aromatic nitrogens is 2. The highest BCUT2D eigenvalue weighted by Crippen LogP contribution is 2.30. The van der Waals surface area contributed by atoms with Gasteiger partial charge in [0.15, 0.2) is 0 Å². The predicted molar refractivity (Wildman–Crippen MR) is 93.4 cm³/mol. The van der Waals surface area contributed by atoms with E-state index in [0.717, 1.165) is 36.3 Å². The first-order chi connectivity index (χ1) is 10.3. The van der Waals surface area contributed by atoms with Gasteiger partial charge >= 0.3 is 0 Å². The average molecular weight is 308 g/mol. The highest BCUT2D eigenvalue weighted by molar-refractivity contribution is 7.99. The van der Waals surface area contributed by atoms with Crippen molar-refractivity contribution in [2.24, 2.45) is 0 Å². The third kappa shape index (κ3) is 4.50. The fourth-order valence-corrected chi connectivity index (χ4v) is 3.72. The van der Waals surface area contributed by atoms with Crippen LogP contribution in [-0.4, -0.2) is 34.1 Å². The quantitative estimate of drug-likeness (QED) is 0.799. The van der Waals surface area contributed by atoms with Gasteiger partial charge in [-0.3, -0.25) is 0 Å². The van der Waals surface area contributed by atoms with Crippen molar-refractivity contribution in [3.8, 4) is 0 Å². The Morgan fingerprint density at radius 2 is 1.86 bits per heavy atom. The summed E-state index contributed by atoms with van der Waals surface area (Å²) in [5, 5.41) is 7.89. The molecule has 0 aliphatic heterocycles. The third-order valence-electron chi connectivity index (χ3n) is 4.14. The Balaban J connectivity index is 2.06. The summed E-state index contributed by atoms with van der Waals surface area (Å²) in [5.41, 5.74) is 1.24. The van der Waals surface area contributed by atoms with Gasteiger partial charge in [0.05, 0.1) is 0 Å². The van der Waals surface area contributed by atoms with Crippen LogP contribution in [0.25, 0.3) is 0 Å². The molecule has 0 atom stereocenters. The highest BCUT2D eigenvalue weighted by Gasteiger charge is 2.22. The molecule has 1 heterocycles. The normalized spacial score (nSPS) is 22.0. The molecule has 2 N–H and O–H groups in total. The molecule has 0 aromatic carbocycles. The first kappa shape index (κ1) is 16.4. The zero-order valence-corrected chi connectivity index (χ0v) is 14.3. The number of rotatable bonds is 7. The van der Waals surface area contributed by atoms with Gasteiger partial charge < -0.3 is 10.6 Å². The van der Waals surface area contributed by atoms with E-state index in [9.17, 15) is 0 Å². The molecular formula is C16H28N4S. The molecule has 118 valence electrons. The van der Waals surface area contributed by atoms with Crippen molar-refractivity contribution in [2.45, 2.75) is 63.7 Å². The van der Waals surface area contributed by atoms with Crippen LogP contribution in [0, 0.1) is 0 Å². The summed E-state index contributed by atoms with van der Waals surface area (Å²) in [6, 6.07) is 0.563. The molecule has 0 radical (unpaired) electrons. The number of nitrogens with one attached hydrogen (secondary N) is 2. The van der Waals surface area contributed by atoms with Crippen LogP contribution in [0.5, 0.6) is 0 Å². The lowest BCUT2D eigenvalue weighted by molar-refractivity contribution is 0.472. The number of anilines is 2. The lowest BCUT2D eigenvalue weighted by atomic mass is 9.94. The summed E-state index contributed by atoms with van der Waals surface area (Å²) in [7, 11) is 0. The minimum Gasteiger partial charge on any atom is -0.370 e. The monoisotopic (exact) mass is 308 g/mol. The Kier molecular flexibility index (Phi) is 6.61. The summed E-state index contributed by atoms with van der Waals surface area (Å²) in [6.07, 6.45) is 11.2. The Labute approximate surface area is 132 Å². The van der Waals surface area contributed by atoms with Crippen LogP contribution in [0.4, 0.5) is 11.6 Å². The van der Waals surface area contributed by atoms with Crippen molar-refractivity contribution >= 4 is 23.4 Å². The van der Waals surface area contributed by atoms with Gasteiger partial charge in [-0.05, 0) is 45.3 Å². The van der Waals surface area contributed by atoms with E-state index in [4.69, 9.17) is 0 Å². The summed E-state index contributed by atoms with van der Waals surface area (Å²) >= 11 is 2.01. The van der Waals surface area contributed by atoms with Gasteiger partial charge in [-0.2, -0.15) is 11.8 Å². The maximum Gasteiger partial charge on any atom is 0.134 e. The molecule has 0 amide bonds. The average Bonchev–Trinajstić information content (AvgIpc) is 2.51. The lowest BCUT2D eigenvalue weighted by Crippen LogP contribution is -2.28. The second-order valence-corrected chi connectivity index (χ2v) is 6.82. The molecule has 4 nitrogen and oxygen atoms in total. The molecule has 1 aliphatic carbocycles. The van der Waals surface area contributed by atoms with Crippen LogP contribution in [-0.2, 0) is 6.42 Å². The largest absolute Gasteiger partial charge is 0.370 e. The first-order valence-electron chi connectivity index (χ1n) is 8.15. The smallest absolute Gasteiger partial charge is 0.134 e. The van der Waals surface area contributed by atoms with Gasteiger partial charge in [0.2, 0.25) is 0 Å². The maximum absolute atomic E-state index is 4.51. The van der Waals surface area contributed by atoms with Gasteiger partial charge in [0.25, 0.3) is 0 Å². The Bertz CT molecular complexity index is 430. The fourth-order valence-electron chi connectivity index (χ4n) is 2.98. The molecule has 0 bridgehead atoms. The number of hydrogen-bond acceptors (Lipinski definition) is 5. The molecule has 1 saturated carbocycles. The molecule has 0 saturated heterocycles. The van der Waals surface area contributed by atoms with Crippen molar-refractivity contribution in [3.05, 3.63) is 11.9 Å². The molecule has 0 unspecified atom stereocenters. The molecule has 21 heavy (non-hydrogen) atoms. The Morgan fingerprint density at radius 3 is 2.48 bits per heavy atom. The molecule has 1 aliphatic rings. The summed E-state index contributed by atoms with van der Waals surface area (Å²) in [6.45, 7) is 5.21. The van der Waals surface area contributed by atoms with Crippen molar-refractivity contribution in [1.82, 2.24) is 9.97 Å². The molecule has 2 rings (SSSR count). The van der Waals surface area contributed by atoms with Crippen LogP contribution in [0.1, 0.15) is 51.5 Å². The highest BCUT2D eigenvalue weighted by atomic mass is 32.2. The predicted octanol–water partition coefficient (Wildman–Crippen LogP) is 3.95. The van der Waals surface area contributed by atoms with Crippen LogP contribution in [0.3, 0.4) is 0 Å². The number of thioether (sulfide) groups is 1. The second-order valence-electron chi connectivity index (χ2n) is 5.68. The summed E-state index contributed by atoms with van der Waals surface area (Å²) in [4.78, 5) is 8.91. The van der Waals surface area contributed by atoms with E-state index >= 15 is 0 Å². The van der Waals surface area contributed by atoms with Gasteiger partial charge in [-0.1, -0.05) is 13.3 Å². The van der Waals surface area contributed by atoms with E-state index in [1.807, 2.05) is 11.8 Å².